The Balaban J connectivity index is 2.30. The first-order valence-corrected chi connectivity index (χ1v) is 6.84. The predicted octanol–water partition coefficient (Wildman–Crippen LogP) is 1.75. The summed E-state index contributed by atoms with van der Waals surface area (Å²) in [5.41, 5.74) is 6.24. The van der Waals surface area contributed by atoms with Crippen LogP contribution in [0.2, 0.25) is 5.02 Å². The Labute approximate surface area is 109 Å². The van der Waals surface area contributed by atoms with Crippen LogP contribution in [0, 0.1) is 6.92 Å². The minimum absolute atomic E-state index is 0.00600. The summed E-state index contributed by atoms with van der Waals surface area (Å²) < 4.78 is 26.3. The molecule has 0 amide bonds. The molecule has 96 valence electrons. The van der Waals surface area contributed by atoms with Crippen LogP contribution >= 0.6 is 11.6 Å². The summed E-state index contributed by atoms with van der Waals surface area (Å²) in [5, 5.41) is 0.365. The van der Waals surface area contributed by atoms with Crippen LogP contribution in [0.5, 0.6) is 0 Å². The van der Waals surface area contributed by atoms with E-state index < -0.39 is 10.0 Å². The first-order valence-electron chi connectivity index (χ1n) is 4.98. The number of halogens is 1. The Morgan fingerprint density at radius 2 is 2.17 bits per heavy atom. The highest BCUT2D eigenvalue weighted by Gasteiger charge is 2.16. The van der Waals surface area contributed by atoms with Gasteiger partial charge >= 0.3 is 0 Å². The first kappa shape index (κ1) is 12.7. The Kier molecular flexibility index (Phi) is 3.18. The third-order valence-corrected chi connectivity index (χ3v) is 3.85. The maximum absolute atomic E-state index is 12.0. The third kappa shape index (κ3) is 2.57. The number of H-pyrrole nitrogens is 1. The Hall–Kier alpha value is -1.73. The molecule has 0 aliphatic rings. The second-order valence-electron chi connectivity index (χ2n) is 3.67. The molecule has 0 fully saturated rings. The molecule has 6 nitrogen and oxygen atoms in total. The van der Waals surface area contributed by atoms with Crippen molar-refractivity contribution in [2.45, 2.75) is 11.9 Å². The molecule has 0 bridgehead atoms. The van der Waals surface area contributed by atoms with E-state index in [0.29, 0.717) is 22.2 Å². The molecule has 0 aliphatic heterocycles. The zero-order chi connectivity index (χ0) is 13.3. The van der Waals surface area contributed by atoms with Crippen LogP contribution in [0.25, 0.3) is 0 Å². The molecule has 0 atom stereocenters. The van der Waals surface area contributed by atoms with Crippen molar-refractivity contribution in [3.8, 4) is 0 Å². The van der Waals surface area contributed by atoms with Gasteiger partial charge < -0.3 is 10.7 Å². The fourth-order valence-electron chi connectivity index (χ4n) is 1.35. The Morgan fingerprint density at radius 1 is 1.44 bits per heavy atom. The summed E-state index contributed by atoms with van der Waals surface area (Å²) in [6.07, 6.45) is 1.25. The minimum Gasteiger partial charge on any atom is -0.397 e. The summed E-state index contributed by atoms with van der Waals surface area (Å²) in [5.74, 6) is 0.519. The van der Waals surface area contributed by atoms with Crippen molar-refractivity contribution in [2.24, 2.45) is 0 Å². The number of nitrogens with one attached hydrogen (secondary N) is 2. The molecule has 0 saturated carbocycles. The monoisotopic (exact) mass is 286 g/mol. The molecule has 8 heteroatoms. The number of imidazole rings is 1. The van der Waals surface area contributed by atoms with Crippen LogP contribution in [0.15, 0.2) is 29.4 Å². The number of anilines is 2. The summed E-state index contributed by atoms with van der Waals surface area (Å²) in [6.45, 7) is 1.67. The number of aromatic nitrogens is 2. The molecule has 1 aromatic heterocycles. The number of rotatable bonds is 3. The van der Waals surface area contributed by atoms with Crippen molar-refractivity contribution in [3.63, 3.8) is 0 Å². The van der Waals surface area contributed by atoms with E-state index >= 15 is 0 Å². The lowest BCUT2D eigenvalue weighted by Crippen LogP contribution is -2.13. The zero-order valence-electron chi connectivity index (χ0n) is 9.44. The van der Waals surface area contributed by atoms with Crippen LogP contribution in [0.4, 0.5) is 11.4 Å². The molecule has 0 radical (unpaired) electrons. The number of hydrogen-bond acceptors (Lipinski definition) is 4. The lowest BCUT2D eigenvalue weighted by molar-refractivity contribution is 0.598. The SMILES string of the molecule is Cc1ncc(S(=O)(=O)Nc2ccc(Cl)c(N)c2)[nH]1. The van der Waals surface area contributed by atoms with E-state index in [-0.39, 0.29) is 5.03 Å². The van der Waals surface area contributed by atoms with E-state index in [1.54, 1.807) is 6.92 Å². The van der Waals surface area contributed by atoms with E-state index in [1.165, 1.54) is 24.4 Å². The maximum Gasteiger partial charge on any atom is 0.278 e. The van der Waals surface area contributed by atoms with Gasteiger partial charge in [-0.25, -0.2) is 4.98 Å². The number of nitrogen functional groups attached to an aromatic ring is 1. The van der Waals surface area contributed by atoms with Gasteiger partial charge in [0.05, 0.1) is 22.6 Å². The summed E-state index contributed by atoms with van der Waals surface area (Å²) >= 11 is 5.75. The van der Waals surface area contributed by atoms with Gasteiger partial charge in [0, 0.05) is 0 Å². The number of hydrogen-bond donors (Lipinski definition) is 3. The van der Waals surface area contributed by atoms with Crippen LogP contribution < -0.4 is 10.5 Å². The molecule has 0 aliphatic carbocycles. The smallest absolute Gasteiger partial charge is 0.278 e. The normalized spacial score (nSPS) is 11.4. The van der Waals surface area contributed by atoms with Gasteiger partial charge in [-0.3, -0.25) is 4.72 Å². The molecule has 0 saturated heterocycles. The van der Waals surface area contributed by atoms with Crippen LogP contribution in [0.3, 0.4) is 0 Å². The van der Waals surface area contributed by atoms with Gasteiger partial charge in [0.1, 0.15) is 5.82 Å². The van der Waals surface area contributed by atoms with Crippen molar-refractivity contribution in [1.29, 1.82) is 0 Å². The van der Waals surface area contributed by atoms with Gasteiger partial charge in [0.2, 0.25) is 0 Å². The van der Waals surface area contributed by atoms with Crippen molar-refractivity contribution in [1.82, 2.24) is 9.97 Å². The predicted molar refractivity (Wildman–Crippen MR) is 70.0 cm³/mol. The molecule has 18 heavy (non-hydrogen) atoms. The standard InChI is InChI=1S/C10H11ClN4O2S/c1-6-13-5-10(14-6)18(16,17)15-7-2-3-8(11)9(12)4-7/h2-5,15H,12H2,1H3,(H,13,14). The number of nitrogens with two attached hydrogens (primary N) is 1. The van der Waals surface area contributed by atoms with Gasteiger partial charge in [0.15, 0.2) is 5.03 Å². The number of benzene rings is 1. The quantitative estimate of drug-likeness (QED) is 0.748. The second kappa shape index (κ2) is 4.51. The van der Waals surface area contributed by atoms with E-state index in [4.69, 9.17) is 17.3 Å². The maximum atomic E-state index is 12.0. The van der Waals surface area contributed by atoms with Crippen molar-refractivity contribution in [3.05, 3.63) is 35.2 Å². The number of aryl methyl sites for hydroxylation is 1. The van der Waals surface area contributed by atoms with Gasteiger partial charge in [-0.1, -0.05) is 11.6 Å². The fraction of sp³-hybridized carbons (Fsp3) is 0.100. The fourth-order valence-corrected chi connectivity index (χ4v) is 2.49. The molecule has 1 aromatic carbocycles. The summed E-state index contributed by atoms with van der Waals surface area (Å²) in [6, 6.07) is 4.50. The molecule has 4 N–H and O–H groups in total. The van der Waals surface area contributed by atoms with Gasteiger partial charge in [0.25, 0.3) is 10.0 Å². The summed E-state index contributed by atoms with van der Waals surface area (Å²) in [7, 11) is -3.69. The lowest BCUT2D eigenvalue weighted by Gasteiger charge is -2.07. The lowest BCUT2D eigenvalue weighted by atomic mass is 10.3. The van der Waals surface area contributed by atoms with Crippen molar-refractivity contribution < 1.29 is 8.42 Å². The average Bonchev–Trinajstić information content (AvgIpc) is 2.71. The highest BCUT2D eigenvalue weighted by atomic mass is 35.5. The minimum atomic E-state index is -3.69. The number of sulfonamides is 1. The van der Waals surface area contributed by atoms with E-state index in [9.17, 15) is 8.42 Å². The molecule has 0 spiro atoms. The molecule has 1 heterocycles. The molecular formula is C10H11ClN4O2S. The first-order chi connectivity index (χ1) is 8.38. The molecule has 2 rings (SSSR count). The van der Waals surface area contributed by atoms with Crippen LogP contribution in [-0.4, -0.2) is 18.4 Å². The Bertz CT molecular complexity index is 681. The third-order valence-electron chi connectivity index (χ3n) is 2.22. The second-order valence-corrected chi connectivity index (χ2v) is 5.73. The molecule has 0 unspecified atom stereocenters. The Morgan fingerprint density at radius 3 is 2.72 bits per heavy atom. The van der Waals surface area contributed by atoms with E-state index in [1.807, 2.05) is 0 Å². The van der Waals surface area contributed by atoms with Gasteiger partial charge in [-0.05, 0) is 25.1 Å². The van der Waals surface area contributed by atoms with Crippen molar-refractivity contribution >= 4 is 33.0 Å². The van der Waals surface area contributed by atoms with E-state index in [2.05, 4.69) is 14.7 Å². The van der Waals surface area contributed by atoms with Crippen LogP contribution in [-0.2, 0) is 10.0 Å². The topological polar surface area (TPSA) is 101 Å². The van der Waals surface area contributed by atoms with Crippen molar-refractivity contribution in [2.75, 3.05) is 10.5 Å². The number of aromatic amines is 1. The number of nitrogens with zero attached hydrogens (tertiary/aromatic N) is 1. The average molecular weight is 287 g/mol. The zero-order valence-corrected chi connectivity index (χ0v) is 11.0. The summed E-state index contributed by atoms with van der Waals surface area (Å²) in [4.78, 5) is 6.48. The van der Waals surface area contributed by atoms with E-state index in [0.717, 1.165) is 0 Å². The molecular weight excluding hydrogens is 276 g/mol. The highest BCUT2D eigenvalue weighted by Crippen LogP contribution is 2.23. The van der Waals surface area contributed by atoms with Crippen LogP contribution in [0.1, 0.15) is 5.82 Å². The van der Waals surface area contributed by atoms with Gasteiger partial charge in [-0.2, -0.15) is 8.42 Å². The highest BCUT2D eigenvalue weighted by molar-refractivity contribution is 7.92. The molecule has 2 aromatic rings. The largest absolute Gasteiger partial charge is 0.397 e. The van der Waals surface area contributed by atoms with Gasteiger partial charge in [-0.15, -0.1) is 0 Å².